The predicted octanol–water partition coefficient (Wildman–Crippen LogP) is 1.63. The molecule has 0 amide bonds. The van der Waals surface area contributed by atoms with Crippen molar-refractivity contribution < 1.29 is 0 Å². The van der Waals surface area contributed by atoms with Crippen molar-refractivity contribution in [3.63, 3.8) is 0 Å². The van der Waals surface area contributed by atoms with E-state index in [4.69, 9.17) is 0 Å². The maximum atomic E-state index is 4.53. The Morgan fingerprint density at radius 3 is 3.17 bits per heavy atom. The molecule has 0 aromatic carbocycles. The second-order valence-corrected chi connectivity index (χ2v) is 4.80. The second kappa shape index (κ2) is 4.90. The molecule has 1 atom stereocenters. The predicted molar refractivity (Wildman–Crippen MR) is 70.2 cm³/mol. The zero-order valence-corrected chi connectivity index (χ0v) is 10.6. The SMILES string of the molecule is Cn1cnc2c1CCNC2CCc1ccccn1. The number of rotatable bonds is 3. The van der Waals surface area contributed by atoms with Crippen LogP contribution in [0, 0.1) is 0 Å². The zero-order valence-electron chi connectivity index (χ0n) is 10.6. The molecule has 0 aliphatic carbocycles. The fraction of sp³-hybridized carbons (Fsp3) is 0.429. The summed E-state index contributed by atoms with van der Waals surface area (Å²) in [6, 6.07) is 6.46. The lowest BCUT2D eigenvalue weighted by Gasteiger charge is -2.23. The smallest absolute Gasteiger partial charge is 0.0949 e. The molecule has 0 bridgehead atoms. The lowest BCUT2D eigenvalue weighted by atomic mass is 10.00. The van der Waals surface area contributed by atoms with E-state index < -0.39 is 0 Å². The number of fused-ring (bicyclic) bond motifs is 1. The van der Waals surface area contributed by atoms with Crippen molar-refractivity contribution in [3.05, 3.63) is 47.8 Å². The summed E-state index contributed by atoms with van der Waals surface area (Å²) in [5.41, 5.74) is 3.75. The Labute approximate surface area is 107 Å². The molecular weight excluding hydrogens is 224 g/mol. The molecule has 1 aliphatic heterocycles. The highest BCUT2D eigenvalue weighted by Gasteiger charge is 2.23. The molecule has 0 fully saturated rings. The number of aromatic nitrogens is 3. The molecule has 94 valence electrons. The minimum absolute atomic E-state index is 0.372. The van der Waals surface area contributed by atoms with Crippen molar-refractivity contribution in [2.24, 2.45) is 7.05 Å². The molecule has 18 heavy (non-hydrogen) atoms. The van der Waals surface area contributed by atoms with Crippen molar-refractivity contribution in [1.29, 1.82) is 0 Å². The fourth-order valence-corrected chi connectivity index (χ4v) is 2.61. The quantitative estimate of drug-likeness (QED) is 0.889. The molecule has 4 heteroatoms. The number of hydrogen-bond acceptors (Lipinski definition) is 3. The molecule has 0 radical (unpaired) electrons. The van der Waals surface area contributed by atoms with Gasteiger partial charge in [-0.3, -0.25) is 4.98 Å². The number of hydrogen-bond donors (Lipinski definition) is 1. The van der Waals surface area contributed by atoms with Gasteiger partial charge in [-0.25, -0.2) is 4.98 Å². The third kappa shape index (κ3) is 2.16. The van der Waals surface area contributed by atoms with Crippen LogP contribution in [-0.4, -0.2) is 21.1 Å². The van der Waals surface area contributed by atoms with Gasteiger partial charge in [-0.05, 0) is 25.0 Å². The number of pyridine rings is 1. The number of aryl methyl sites for hydroxylation is 2. The summed E-state index contributed by atoms with van der Waals surface area (Å²) in [5, 5.41) is 3.56. The summed E-state index contributed by atoms with van der Waals surface area (Å²) in [7, 11) is 2.08. The van der Waals surface area contributed by atoms with Crippen LogP contribution in [0.4, 0.5) is 0 Å². The third-order valence-corrected chi connectivity index (χ3v) is 3.59. The van der Waals surface area contributed by atoms with E-state index in [-0.39, 0.29) is 0 Å². The highest BCUT2D eigenvalue weighted by molar-refractivity contribution is 5.21. The highest BCUT2D eigenvalue weighted by Crippen LogP contribution is 2.24. The van der Waals surface area contributed by atoms with Crippen LogP contribution in [0.1, 0.15) is 29.5 Å². The van der Waals surface area contributed by atoms with Gasteiger partial charge in [0.2, 0.25) is 0 Å². The first-order valence-electron chi connectivity index (χ1n) is 6.48. The highest BCUT2D eigenvalue weighted by atomic mass is 15.1. The van der Waals surface area contributed by atoms with Crippen molar-refractivity contribution in [2.75, 3.05) is 6.54 Å². The maximum Gasteiger partial charge on any atom is 0.0949 e. The fourth-order valence-electron chi connectivity index (χ4n) is 2.61. The van der Waals surface area contributed by atoms with Gasteiger partial charge in [-0.1, -0.05) is 6.07 Å². The minimum atomic E-state index is 0.372. The molecule has 0 saturated carbocycles. The molecule has 3 heterocycles. The van der Waals surface area contributed by atoms with E-state index in [1.54, 1.807) is 0 Å². The van der Waals surface area contributed by atoms with Crippen molar-refractivity contribution >= 4 is 0 Å². The van der Waals surface area contributed by atoms with Crippen molar-refractivity contribution in [1.82, 2.24) is 19.9 Å². The molecule has 4 nitrogen and oxygen atoms in total. The van der Waals surface area contributed by atoms with E-state index in [1.807, 2.05) is 24.7 Å². The lowest BCUT2D eigenvalue weighted by molar-refractivity contribution is 0.458. The van der Waals surface area contributed by atoms with Crippen LogP contribution in [0.15, 0.2) is 30.7 Å². The summed E-state index contributed by atoms with van der Waals surface area (Å²) >= 11 is 0. The normalized spacial score (nSPS) is 18.6. The Balaban J connectivity index is 1.71. The van der Waals surface area contributed by atoms with Crippen LogP contribution in [-0.2, 0) is 19.9 Å². The average molecular weight is 242 g/mol. The van der Waals surface area contributed by atoms with Gasteiger partial charge in [0.05, 0.1) is 18.1 Å². The average Bonchev–Trinajstić information content (AvgIpc) is 2.80. The molecule has 0 spiro atoms. The van der Waals surface area contributed by atoms with Crippen LogP contribution in [0.5, 0.6) is 0 Å². The van der Waals surface area contributed by atoms with Gasteiger partial charge >= 0.3 is 0 Å². The molecule has 2 aromatic rings. The Hall–Kier alpha value is -1.68. The number of nitrogens with one attached hydrogen (secondary N) is 1. The first-order valence-corrected chi connectivity index (χ1v) is 6.48. The molecule has 3 rings (SSSR count). The van der Waals surface area contributed by atoms with E-state index in [0.29, 0.717) is 6.04 Å². The van der Waals surface area contributed by atoms with Crippen LogP contribution < -0.4 is 5.32 Å². The standard InChI is InChI=1S/C14H18N4/c1-18-10-17-14-12(16-9-7-13(14)18)6-5-11-4-2-3-8-15-11/h2-4,8,10,12,16H,5-7,9H2,1H3. The van der Waals surface area contributed by atoms with Crippen LogP contribution >= 0.6 is 0 Å². The van der Waals surface area contributed by atoms with Gasteiger partial charge in [-0.2, -0.15) is 0 Å². The molecular formula is C14H18N4. The summed E-state index contributed by atoms with van der Waals surface area (Å²) in [6.45, 7) is 1.04. The van der Waals surface area contributed by atoms with Gasteiger partial charge in [0.25, 0.3) is 0 Å². The van der Waals surface area contributed by atoms with Crippen LogP contribution in [0.3, 0.4) is 0 Å². The monoisotopic (exact) mass is 242 g/mol. The Kier molecular flexibility index (Phi) is 3.11. The van der Waals surface area contributed by atoms with E-state index in [0.717, 1.165) is 31.5 Å². The van der Waals surface area contributed by atoms with E-state index in [9.17, 15) is 0 Å². The van der Waals surface area contributed by atoms with Crippen LogP contribution in [0.2, 0.25) is 0 Å². The van der Waals surface area contributed by atoms with E-state index in [2.05, 4.69) is 33.0 Å². The summed E-state index contributed by atoms with van der Waals surface area (Å²) in [4.78, 5) is 8.90. The third-order valence-electron chi connectivity index (χ3n) is 3.59. The Morgan fingerprint density at radius 1 is 1.39 bits per heavy atom. The maximum absolute atomic E-state index is 4.53. The Morgan fingerprint density at radius 2 is 2.33 bits per heavy atom. The van der Waals surface area contributed by atoms with Gasteiger partial charge in [-0.15, -0.1) is 0 Å². The molecule has 1 unspecified atom stereocenters. The lowest BCUT2D eigenvalue weighted by Crippen LogP contribution is -2.31. The largest absolute Gasteiger partial charge is 0.337 e. The van der Waals surface area contributed by atoms with Crippen molar-refractivity contribution in [2.45, 2.75) is 25.3 Å². The summed E-state index contributed by atoms with van der Waals surface area (Å²) < 4.78 is 2.14. The van der Waals surface area contributed by atoms with E-state index in [1.165, 1.54) is 11.4 Å². The Bertz CT molecular complexity index is 518. The van der Waals surface area contributed by atoms with Crippen LogP contribution in [0.25, 0.3) is 0 Å². The second-order valence-electron chi connectivity index (χ2n) is 4.80. The van der Waals surface area contributed by atoms with Gasteiger partial charge < -0.3 is 9.88 Å². The zero-order chi connectivity index (χ0) is 12.4. The van der Waals surface area contributed by atoms with Gasteiger partial charge in [0.1, 0.15) is 0 Å². The van der Waals surface area contributed by atoms with Gasteiger partial charge in [0, 0.05) is 37.6 Å². The molecule has 1 N–H and O–H groups in total. The molecule has 1 aliphatic rings. The molecule has 0 saturated heterocycles. The van der Waals surface area contributed by atoms with Crippen molar-refractivity contribution in [3.8, 4) is 0 Å². The first kappa shape index (κ1) is 11.4. The topological polar surface area (TPSA) is 42.7 Å². The van der Waals surface area contributed by atoms with E-state index >= 15 is 0 Å². The number of nitrogens with zero attached hydrogens (tertiary/aromatic N) is 3. The first-order chi connectivity index (χ1) is 8.84. The summed E-state index contributed by atoms with van der Waals surface area (Å²) in [6.07, 6.45) is 6.91. The van der Waals surface area contributed by atoms with Gasteiger partial charge in [0.15, 0.2) is 0 Å². The number of imidazole rings is 1. The molecule has 2 aromatic heterocycles. The summed E-state index contributed by atoms with van der Waals surface area (Å²) in [5.74, 6) is 0. The minimum Gasteiger partial charge on any atom is -0.337 e.